The van der Waals surface area contributed by atoms with Crippen molar-refractivity contribution in [1.29, 1.82) is 0 Å². The molecule has 1 aliphatic rings. The van der Waals surface area contributed by atoms with E-state index in [1.54, 1.807) is 30.3 Å². The van der Waals surface area contributed by atoms with Crippen LogP contribution in [0.25, 0.3) is 27.4 Å². The van der Waals surface area contributed by atoms with Gasteiger partial charge in [-0.2, -0.15) is 16.8 Å². The fourth-order valence-corrected chi connectivity index (χ4v) is 6.51. The van der Waals surface area contributed by atoms with Gasteiger partial charge >= 0.3 is 5.97 Å². The van der Waals surface area contributed by atoms with Crippen molar-refractivity contribution in [1.82, 2.24) is 4.98 Å². The molecule has 5 rings (SSSR count). The molecule has 0 atom stereocenters. The number of carbonyl (C=O) groups excluding carboxylic acids is 1. The van der Waals surface area contributed by atoms with E-state index in [9.17, 15) is 26.2 Å². The number of allylic oxidation sites excluding steroid dienone is 4. The highest BCUT2D eigenvalue weighted by Gasteiger charge is 2.18. The van der Waals surface area contributed by atoms with Gasteiger partial charge in [0.15, 0.2) is 0 Å². The van der Waals surface area contributed by atoms with E-state index in [0.29, 0.717) is 22.6 Å². The van der Waals surface area contributed by atoms with Crippen molar-refractivity contribution < 1.29 is 35.5 Å². The fraction of sp³-hybridized carbons (Fsp3) is 0.133. The zero-order valence-corrected chi connectivity index (χ0v) is 25.2. The Kier molecular flexibility index (Phi) is 8.62. The van der Waals surface area contributed by atoms with E-state index in [1.165, 1.54) is 30.6 Å². The van der Waals surface area contributed by atoms with Gasteiger partial charge in [-0.3, -0.25) is 9.11 Å². The number of para-hydroxylation sites is 1. The molecule has 1 aliphatic heterocycles. The van der Waals surface area contributed by atoms with Crippen LogP contribution in [0.5, 0.6) is 0 Å². The third-order valence-electron chi connectivity index (χ3n) is 6.66. The summed E-state index contributed by atoms with van der Waals surface area (Å²) in [6.07, 6.45) is 7.82. The van der Waals surface area contributed by atoms with Crippen molar-refractivity contribution in [3.05, 3.63) is 107 Å². The third kappa shape index (κ3) is 7.27. The second kappa shape index (κ2) is 12.2. The lowest BCUT2D eigenvalue weighted by Crippen LogP contribution is -2.23. The van der Waals surface area contributed by atoms with E-state index >= 15 is 0 Å². The quantitative estimate of drug-likeness (QED) is 0.176. The molecule has 0 bridgehead atoms. The maximum Gasteiger partial charge on any atom is 0.337 e. The smallest absolute Gasteiger partial charge is 0.337 e. The number of ether oxygens (including phenoxy) is 1. The van der Waals surface area contributed by atoms with Gasteiger partial charge in [-0.05, 0) is 77.8 Å². The van der Waals surface area contributed by atoms with Crippen molar-refractivity contribution >= 4 is 70.7 Å². The zero-order valence-electron chi connectivity index (χ0n) is 22.7. The molecule has 0 saturated heterocycles. The highest BCUT2D eigenvalue weighted by atomic mass is 32.2. The van der Waals surface area contributed by atoms with Gasteiger partial charge in [0.1, 0.15) is 5.01 Å². The number of carbonyl (C=O) groups is 1. The van der Waals surface area contributed by atoms with Crippen molar-refractivity contribution in [2.45, 2.75) is 11.3 Å². The molecule has 2 N–H and O–H groups in total. The van der Waals surface area contributed by atoms with Gasteiger partial charge in [-0.25, -0.2) is 9.78 Å². The molecular formula is C30H26N2O8S3. The van der Waals surface area contributed by atoms with E-state index in [2.05, 4.69) is 4.98 Å². The zero-order chi connectivity index (χ0) is 30.8. The largest absolute Gasteiger partial charge is 0.465 e. The van der Waals surface area contributed by atoms with Crippen LogP contribution in [-0.2, 0) is 25.0 Å². The summed E-state index contributed by atoms with van der Waals surface area (Å²) in [5, 5.41) is 0.589. The van der Waals surface area contributed by atoms with Gasteiger partial charge in [0.05, 0.1) is 33.5 Å². The van der Waals surface area contributed by atoms with Gasteiger partial charge in [0.25, 0.3) is 20.2 Å². The maximum atomic E-state index is 12.0. The molecule has 1 aromatic heterocycles. The van der Waals surface area contributed by atoms with Gasteiger partial charge in [-0.15, -0.1) is 11.3 Å². The Morgan fingerprint density at radius 1 is 1.00 bits per heavy atom. The van der Waals surface area contributed by atoms with Crippen LogP contribution in [0.4, 0.5) is 5.69 Å². The average molecular weight is 639 g/mol. The number of hydrogen-bond donors (Lipinski definition) is 2. The number of rotatable bonds is 9. The predicted octanol–water partition coefficient (Wildman–Crippen LogP) is 5.57. The lowest BCUT2D eigenvalue weighted by molar-refractivity contribution is 0.0600. The lowest BCUT2D eigenvalue weighted by Gasteiger charge is -2.27. The summed E-state index contributed by atoms with van der Waals surface area (Å²) in [5.41, 5.74) is 4.96. The van der Waals surface area contributed by atoms with E-state index in [4.69, 9.17) is 9.29 Å². The number of esters is 1. The number of methoxy groups -OCH3 is 1. The van der Waals surface area contributed by atoms with Crippen LogP contribution in [0.2, 0.25) is 0 Å². The molecule has 4 aromatic rings. The molecule has 0 saturated carbocycles. The van der Waals surface area contributed by atoms with E-state index in [-0.39, 0.29) is 17.1 Å². The Labute approximate surface area is 252 Å². The van der Waals surface area contributed by atoms with Crippen LogP contribution in [-0.4, -0.2) is 56.3 Å². The number of thiazole rings is 1. The Morgan fingerprint density at radius 3 is 2.42 bits per heavy atom. The Hall–Kier alpha value is -4.14. The molecule has 43 heavy (non-hydrogen) atoms. The van der Waals surface area contributed by atoms with Gasteiger partial charge in [-0.1, -0.05) is 30.3 Å². The minimum Gasteiger partial charge on any atom is -0.465 e. The topological polar surface area (TPSA) is 151 Å². The van der Waals surface area contributed by atoms with Crippen molar-refractivity contribution in [2.24, 2.45) is 0 Å². The monoisotopic (exact) mass is 638 g/mol. The average Bonchev–Trinajstić information content (AvgIpc) is 3.38. The van der Waals surface area contributed by atoms with Gasteiger partial charge < -0.3 is 9.64 Å². The van der Waals surface area contributed by atoms with Crippen LogP contribution < -0.4 is 4.90 Å². The number of hydrogen-bond acceptors (Lipinski definition) is 9. The normalized spacial score (nSPS) is 14.7. The van der Waals surface area contributed by atoms with Crippen LogP contribution in [0, 0.1) is 0 Å². The van der Waals surface area contributed by atoms with Crippen LogP contribution in [0.15, 0.2) is 90.0 Å². The van der Waals surface area contributed by atoms with Crippen LogP contribution >= 0.6 is 11.3 Å². The summed E-state index contributed by atoms with van der Waals surface area (Å²) < 4.78 is 69.8. The minimum atomic E-state index is -4.38. The first kappa shape index (κ1) is 30.3. The first-order valence-corrected chi connectivity index (χ1v) is 16.8. The molecule has 0 spiro atoms. The lowest BCUT2D eigenvalue weighted by atomic mass is 9.95. The second-order valence-corrected chi connectivity index (χ2v) is 13.6. The van der Waals surface area contributed by atoms with Crippen LogP contribution in [0.1, 0.15) is 32.9 Å². The molecule has 13 heteroatoms. The summed E-state index contributed by atoms with van der Waals surface area (Å²) in [4.78, 5) is 18.3. The molecule has 10 nitrogen and oxygen atoms in total. The van der Waals surface area contributed by atoms with Crippen molar-refractivity contribution in [3.63, 3.8) is 0 Å². The third-order valence-corrected chi connectivity index (χ3v) is 9.30. The van der Waals surface area contributed by atoms with E-state index in [0.717, 1.165) is 32.7 Å². The highest BCUT2D eigenvalue weighted by molar-refractivity contribution is 7.86. The Bertz CT molecular complexity index is 2010. The van der Waals surface area contributed by atoms with Crippen molar-refractivity contribution in [3.8, 4) is 0 Å². The first-order chi connectivity index (χ1) is 20.4. The number of benzene rings is 3. The molecule has 3 aromatic carbocycles. The van der Waals surface area contributed by atoms with E-state index in [1.807, 2.05) is 53.6 Å². The second-order valence-electron chi connectivity index (χ2n) is 9.59. The van der Waals surface area contributed by atoms with Crippen LogP contribution in [0.3, 0.4) is 0 Å². The molecule has 0 aliphatic carbocycles. The number of fused-ring (bicyclic) bond motifs is 2. The summed E-state index contributed by atoms with van der Waals surface area (Å²) in [7, 11) is -7.14. The van der Waals surface area contributed by atoms with Gasteiger partial charge in [0, 0.05) is 24.0 Å². The molecule has 0 unspecified atom stereocenters. The molecule has 2 heterocycles. The Morgan fingerprint density at radius 2 is 1.72 bits per heavy atom. The van der Waals surface area contributed by atoms with Crippen molar-refractivity contribution in [2.75, 3.05) is 24.3 Å². The van der Waals surface area contributed by atoms with E-state index < -0.39 is 26.2 Å². The Balaban J connectivity index is 1.58. The number of aromatic nitrogens is 1. The molecular weight excluding hydrogens is 613 g/mol. The minimum absolute atomic E-state index is 0.241. The van der Waals surface area contributed by atoms with Gasteiger partial charge in [0.2, 0.25) is 0 Å². The molecule has 0 amide bonds. The highest BCUT2D eigenvalue weighted by Crippen LogP contribution is 2.36. The standard InChI is InChI=1S/C30H26N2O8S3/c1-40-30(33)21-9-7-20(8-10-21)23(18-29-31-26-19-24(43(37,38)39)11-12-28(26)41-29)17-22-13-15-32(14-4-16-42(34,35)36)27-6-3-2-5-25(22)27/h2-3,5-13,15,17-19H,4,14,16H2,1H3,(H,34,35,36)(H,37,38,39)/b22-17+,23-18-. The maximum absolute atomic E-state index is 12.0. The first-order valence-electron chi connectivity index (χ1n) is 12.9. The summed E-state index contributed by atoms with van der Waals surface area (Å²) >= 11 is 1.35. The number of anilines is 1. The fourth-order valence-electron chi connectivity index (χ4n) is 4.62. The summed E-state index contributed by atoms with van der Waals surface area (Å²) in [6.45, 7) is 0.384. The molecule has 0 radical (unpaired) electrons. The molecule has 0 fully saturated rings. The number of nitrogens with zero attached hydrogens (tertiary/aromatic N) is 2. The SMILES string of the molecule is COC(=O)c1ccc(C(=C\c2nc3cc(S(=O)(=O)O)ccc3s2)/C=C2\C=CN(CCCS(=O)(=O)O)c3ccccc32)cc1. The summed E-state index contributed by atoms with van der Waals surface area (Å²) in [5.74, 6) is -0.806. The predicted molar refractivity (Wildman–Crippen MR) is 167 cm³/mol. The molecule has 222 valence electrons. The summed E-state index contributed by atoms with van der Waals surface area (Å²) in [6, 6.07) is 18.8.